The van der Waals surface area contributed by atoms with Crippen molar-refractivity contribution >= 4 is 0 Å². The summed E-state index contributed by atoms with van der Waals surface area (Å²) in [5, 5.41) is 0. The number of ether oxygens (including phenoxy) is 2. The highest BCUT2D eigenvalue weighted by atomic mass is 19.1. The highest BCUT2D eigenvalue weighted by molar-refractivity contribution is 5.32. The van der Waals surface area contributed by atoms with Crippen LogP contribution in [0.3, 0.4) is 0 Å². The van der Waals surface area contributed by atoms with Crippen molar-refractivity contribution in [3.05, 3.63) is 100 Å². The Morgan fingerprint density at radius 3 is 2.31 bits per heavy atom. The van der Waals surface area contributed by atoms with E-state index in [1.807, 2.05) is 30.3 Å². The van der Waals surface area contributed by atoms with Crippen LogP contribution in [0.1, 0.15) is 36.1 Å². The van der Waals surface area contributed by atoms with Crippen LogP contribution in [-0.2, 0) is 4.74 Å². The third-order valence-electron chi connectivity index (χ3n) is 5.30. The molecule has 0 bridgehead atoms. The van der Waals surface area contributed by atoms with E-state index in [0.29, 0.717) is 12.5 Å². The predicted octanol–water partition coefficient (Wildman–Crippen LogP) is 4.75. The van der Waals surface area contributed by atoms with Crippen LogP contribution >= 0.6 is 0 Å². The summed E-state index contributed by atoms with van der Waals surface area (Å²) in [4.78, 5) is 12.7. The first kappa shape index (κ1) is 19.4. The first-order valence-electron chi connectivity index (χ1n) is 9.84. The minimum atomic E-state index is -0.420. The zero-order chi connectivity index (χ0) is 20.2. The van der Waals surface area contributed by atoms with Crippen molar-refractivity contribution in [2.24, 2.45) is 5.92 Å². The zero-order valence-electron chi connectivity index (χ0n) is 16.3. The van der Waals surface area contributed by atoms with Crippen LogP contribution in [0.25, 0.3) is 0 Å². The summed E-state index contributed by atoms with van der Waals surface area (Å²) in [6, 6.07) is 18.6. The fourth-order valence-corrected chi connectivity index (χ4v) is 3.50. The Morgan fingerprint density at radius 2 is 1.69 bits per heavy atom. The second kappa shape index (κ2) is 8.62. The van der Waals surface area contributed by atoms with E-state index in [4.69, 9.17) is 9.47 Å². The molecule has 5 heteroatoms. The summed E-state index contributed by atoms with van der Waals surface area (Å²) >= 11 is 0. The summed E-state index contributed by atoms with van der Waals surface area (Å²) in [6.45, 7) is 0.635. The van der Waals surface area contributed by atoms with E-state index >= 15 is 0 Å². The quantitative estimate of drug-likeness (QED) is 0.554. The topological polar surface area (TPSA) is 40.5 Å². The van der Waals surface area contributed by atoms with Gasteiger partial charge >= 0.3 is 0 Å². The molecule has 4 nitrogen and oxygen atoms in total. The highest BCUT2D eigenvalue weighted by Gasteiger charge is 2.31. The molecule has 0 amide bonds. The van der Waals surface area contributed by atoms with Crippen LogP contribution in [0.4, 0.5) is 4.39 Å². The monoisotopic (exact) mass is 393 g/mol. The van der Waals surface area contributed by atoms with Gasteiger partial charge in [0.25, 0.3) is 5.56 Å². The number of halogens is 1. The van der Waals surface area contributed by atoms with E-state index < -0.39 is 12.1 Å². The van der Waals surface area contributed by atoms with Crippen LogP contribution in [0.2, 0.25) is 0 Å². The second-order valence-corrected chi connectivity index (χ2v) is 7.41. The predicted molar refractivity (Wildman–Crippen MR) is 110 cm³/mol. The van der Waals surface area contributed by atoms with Crippen molar-refractivity contribution < 1.29 is 13.9 Å². The number of nitrogens with zero attached hydrogens (tertiary/aromatic N) is 1. The van der Waals surface area contributed by atoms with Gasteiger partial charge in [0.2, 0.25) is 0 Å². The molecule has 4 rings (SSSR count). The molecule has 1 saturated carbocycles. The molecule has 0 N–H and O–H groups in total. The van der Waals surface area contributed by atoms with Gasteiger partial charge in [-0.2, -0.15) is 0 Å². The first-order chi connectivity index (χ1) is 14.2. The Morgan fingerprint density at radius 1 is 1.00 bits per heavy atom. The lowest BCUT2D eigenvalue weighted by molar-refractivity contribution is 0.0182. The van der Waals surface area contributed by atoms with E-state index in [0.717, 1.165) is 16.9 Å². The van der Waals surface area contributed by atoms with E-state index in [9.17, 15) is 9.18 Å². The van der Waals surface area contributed by atoms with Crippen molar-refractivity contribution in [3.8, 4) is 5.75 Å². The zero-order valence-corrected chi connectivity index (χ0v) is 16.3. The number of rotatable bonds is 8. The van der Waals surface area contributed by atoms with E-state index in [1.165, 1.54) is 31.0 Å². The van der Waals surface area contributed by atoms with Crippen molar-refractivity contribution in [2.75, 3.05) is 13.7 Å². The lowest BCUT2D eigenvalue weighted by atomic mass is 9.94. The maximum Gasteiger partial charge on any atom is 0.251 e. The number of pyridine rings is 1. The van der Waals surface area contributed by atoms with E-state index in [1.54, 1.807) is 36.1 Å². The summed E-state index contributed by atoms with van der Waals surface area (Å²) in [5.74, 6) is 1.01. The molecular weight excluding hydrogens is 369 g/mol. The first-order valence-corrected chi connectivity index (χ1v) is 9.84. The molecule has 0 radical (unpaired) electrons. The maximum absolute atomic E-state index is 13.6. The standard InChI is InChI=1S/C24H24FNO3/c1-28-21-13-9-19(10-14-21)24(29-16-17-5-6-17)23(18-7-11-20(25)12-8-18)26-15-3-2-4-22(26)27/h2-4,7-15,17,23-24H,5-6,16H2,1H3. The van der Waals surface area contributed by atoms with Gasteiger partial charge in [0, 0.05) is 12.3 Å². The van der Waals surface area contributed by atoms with Crippen LogP contribution in [0, 0.1) is 11.7 Å². The second-order valence-electron chi connectivity index (χ2n) is 7.41. The average Bonchev–Trinajstić information content (AvgIpc) is 3.58. The molecule has 0 spiro atoms. The van der Waals surface area contributed by atoms with Crippen LogP contribution in [0.5, 0.6) is 5.75 Å². The summed E-state index contributed by atoms with van der Waals surface area (Å²) in [5.41, 5.74) is 1.63. The molecule has 0 saturated heterocycles. The number of methoxy groups -OCH3 is 1. The Hall–Kier alpha value is -2.92. The normalized spacial score (nSPS) is 15.7. The SMILES string of the molecule is COc1ccc(C(OCC2CC2)C(c2ccc(F)cc2)n2ccccc2=O)cc1. The molecule has 29 heavy (non-hydrogen) atoms. The van der Waals surface area contributed by atoms with Crippen molar-refractivity contribution in [3.63, 3.8) is 0 Å². The molecule has 1 aromatic heterocycles. The largest absolute Gasteiger partial charge is 0.497 e. The summed E-state index contributed by atoms with van der Waals surface area (Å²) < 4.78 is 26.9. The van der Waals surface area contributed by atoms with Gasteiger partial charge in [0.05, 0.1) is 19.8 Å². The number of hydrogen-bond acceptors (Lipinski definition) is 3. The van der Waals surface area contributed by atoms with Gasteiger partial charge in [0.15, 0.2) is 0 Å². The van der Waals surface area contributed by atoms with Crippen LogP contribution < -0.4 is 10.3 Å². The van der Waals surface area contributed by atoms with Gasteiger partial charge in [-0.1, -0.05) is 30.3 Å². The lowest BCUT2D eigenvalue weighted by Crippen LogP contribution is -2.30. The summed E-state index contributed by atoms with van der Waals surface area (Å²) in [6.07, 6.45) is 3.70. The van der Waals surface area contributed by atoms with Crippen molar-refractivity contribution in [1.82, 2.24) is 4.57 Å². The minimum Gasteiger partial charge on any atom is -0.497 e. The molecule has 1 heterocycles. The molecule has 1 aliphatic rings. The fraction of sp³-hybridized carbons (Fsp3) is 0.292. The van der Waals surface area contributed by atoms with E-state index in [2.05, 4.69) is 0 Å². The van der Waals surface area contributed by atoms with Gasteiger partial charge in [-0.15, -0.1) is 0 Å². The third kappa shape index (κ3) is 4.57. The molecule has 2 aromatic carbocycles. The summed E-state index contributed by atoms with van der Waals surface area (Å²) in [7, 11) is 1.63. The Labute approximate surface area is 169 Å². The number of aromatic nitrogens is 1. The van der Waals surface area contributed by atoms with Gasteiger partial charge in [-0.05, 0) is 60.2 Å². The van der Waals surface area contributed by atoms with Gasteiger partial charge in [0.1, 0.15) is 17.7 Å². The van der Waals surface area contributed by atoms with Crippen LogP contribution in [0.15, 0.2) is 77.7 Å². The van der Waals surface area contributed by atoms with Gasteiger partial charge < -0.3 is 14.0 Å². The molecule has 2 unspecified atom stereocenters. The van der Waals surface area contributed by atoms with Crippen molar-refractivity contribution in [2.45, 2.75) is 25.0 Å². The molecule has 0 aliphatic heterocycles. The number of hydrogen-bond donors (Lipinski definition) is 0. The highest BCUT2D eigenvalue weighted by Crippen LogP contribution is 2.38. The maximum atomic E-state index is 13.6. The van der Waals surface area contributed by atoms with Crippen LogP contribution in [-0.4, -0.2) is 18.3 Å². The van der Waals surface area contributed by atoms with Gasteiger partial charge in [-0.25, -0.2) is 4.39 Å². The third-order valence-corrected chi connectivity index (χ3v) is 5.30. The smallest absolute Gasteiger partial charge is 0.251 e. The Bertz CT molecular complexity index is 994. The fourth-order valence-electron chi connectivity index (χ4n) is 3.50. The van der Waals surface area contributed by atoms with E-state index in [-0.39, 0.29) is 11.4 Å². The van der Waals surface area contributed by atoms with Crippen molar-refractivity contribution in [1.29, 1.82) is 0 Å². The Balaban J connectivity index is 1.80. The lowest BCUT2D eigenvalue weighted by Gasteiger charge is -2.30. The molecule has 2 atom stereocenters. The molecule has 1 fully saturated rings. The molecule has 3 aromatic rings. The van der Waals surface area contributed by atoms with Gasteiger partial charge in [-0.3, -0.25) is 4.79 Å². The molecule has 150 valence electrons. The minimum absolute atomic E-state index is 0.129. The average molecular weight is 393 g/mol. The Kier molecular flexibility index (Phi) is 5.76. The number of benzene rings is 2. The molecular formula is C24H24FNO3. The molecule has 1 aliphatic carbocycles.